The summed E-state index contributed by atoms with van der Waals surface area (Å²) in [6, 6.07) is 8.31. The van der Waals surface area contributed by atoms with Gasteiger partial charge in [-0.15, -0.1) is 22.7 Å². The minimum absolute atomic E-state index is 0.873. The van der Waals surface area contributed by atoms with E-state index in [1.54, 1.807) is 22.7 Å². The average Bonchev–Trinajstić information content (AvgIpc) is 3.04. The predicted molar refractivity (Wildman–Crippen MR) is 86.3 cm³/mol. The molecule has 104 valence electrons. The average molecular weight is 303 g/mol. The van der Waals surface area contributed by atoms with Crippen molar-refractivity contribution in [3.8, 4) is 0 Å². The number of fused-ring (bicyclic) bond motifs is 1. The maximum absolute atomic E-state index is 4.67. The third-order valence-corrected chi connectivity index (χ3v) is 5.14. The fourth-order valence-corrected chi connectivity index (χ4v) is 3.92. The SMILES string of the molecule is CCc1nc(CN(C)Cc2nc3ccccc3s2)cs1. The van der Waals surface area contributed by atoms with Crippen molar-refractivity contribution >= 4 is 32.9 Å². The minimum atomic E-state index is 0.873. The van der Waals surface area contributed by atoms with Gasteiger partial charge >= 0.3 is 0 Å². The Morgan fingerprint density at radius 1 is 1.10 bits per heavy atom. The first kappa shape index (κ1) is 13.7. The third-order valence-electron chi connectivity index (χ3n) is 3.08. The maximum Gasteiger partial charge on any atom is 0.108 e. The van der Waals surface area contributed by atoms with Crippen molar-refractivity contribution in [1.29, 1.82) is 0 Å². The van der Waals surface area contributed by atoms with Gasteiger partial charge in [0.15, 0.2) is 0 Å². The molecule has 0 aliphatic rings. The number of hydrogen-bond donors (Lipinski definition) is 0. The van der Waals surface area contributed by atoms with Gasteiger partial charge in [-0.05, 0) is 25.6 Å². The van der Waals surface area contributed by atoms with Crippen LogP contribution in [0.1, 0.15) is 22.6 Å². The first-order valence-corrected chi connectivity index (χ1v) is 8.40. The van der Waals surface area contributed by atoms with Crippen LogP contribution in [-0.4, -0.2) is 21.9 Å². The second-order valence-electron chi connectivity index (χ2n) is 4.83. The van der Waals surface area contributed by atoms with Gasteiger partial charge in [0.1, 0.15) is 5.01 Å². The van der Waals surface area contributed by atoms with Crippen LogP contribution in [0.15, 0.2) is 29.6 Å². The van der Waals surface area contributed by atoms with Crippen LogP contribution in [0.25, 0.3) is 10.2 Å². The molecular weight excluding hydrogens is 286 g/mol. The molecule has 3 aromatic rings. The van der Waals surface area contributed by atoms with Crippen molar-refractivity contribution in [2.45, 2.75) is 26.4 Å². The first-order valence-electron chi connectivity index (χ1n) is 6.71. The second-order valence-corrected chi connectivity index (χ2v) is 6.89. The highest BCUT2D eigenvalue weighted by atomic mass is 32.1. The lowest BCUT2D eigenvalue weighted by atomic mass is 10.3. The Bertz CT molecular complexity index is 669. The van der Waals surface area contributed by atoms with Gasteiger partial charge in [0.05, 0.1) is 27.5 Å². The molecule has 20 heavy (non-hydrogen) atoms. The van der Waals surface area contributed by atoms with Gasteiger partial charge in [0.2, 0.25) is 0 Å². The monoisotopic (exact) mass is 303 g/mol. The molecule has 0 atom stereocenters. The molecule has 0 radical (unpaired) electrons. The van der Waals surface area contributed by atoms with E-state index < -0.39 is 0 Å². The van der Waals surface area contributed by atoms with Gasteiger partial charge in [-0.2, -0.15) is 0 Å². The van der Waals surface area contributed by atoms with E-state index in [9.17, 15) is 0 Å². The molecule has 0 spiro atoms. The molecule has 3 nitrogen and oxygen atoms in total. The van der Waals surface area contributed by atoms with Crippen molar-refractivity contribution in [2.24, 2.45) is 0 Å². The molecule has 0 fully saturated rings. The summed E-state index contributed by atoms with van der Waals surface area (Å²) in [6.45, 7) is 3.90. The molecule has 0 aliphatic carbocycles. The van der Waals surface area contributed by atoms with Crippen molar-refractivity contribution in [3.63, 3.8) is 0 Å². The lowest BCUT2D eigenvalue weighted by Crippen LogP contribution is -2.17. The van der Waals surface area contributed by atoms with Gasteiger partial charge in [0, 0.05) is 11.9 Å². The van der Waals surface area contributed by atoms with E-state index in [1.165, 1.54) is 14.7 Å². The Morgan fingerprint density at radius 2 is 1.95 bits per heavy atom. The number of benzene rings is 1. The molecule has 0 saturated carbocycles. The summed E-state index contributed by atoms with van der Waals surface area (Å²) in [6.07, 6.45) is 1.02. The summed E-state index contributed by atoms with van der Waals surface area (Å²) in [5, 5.41) is 4.54. The highest BCUT2D eigenvalue weighted by Gasteiger charge is 2.08. The van der Waals surface area contributed by atoms with Gasteiger partial charge in [-0.3, -0.25) is 4.90 Å². The summed E-state index contributed by atoms with van der Waals surface area (Å²) >= 11 is 3.53. The van der Waals surface area contributed by atoms with Crippen molar-refractivity contribution < 1.29 is 0 Å². The van der Waals surface area contributed by atoms with Crippen LogP contribution in [-0.2, 0) is 19.5 Å². The topological polar surface area (TPSA) is 29.0 Å². The van der Waals surface area contributed by atoms with E-state index >= 15 is 0 Å². The molecule has 5 heteroatoms. The molecule has 1 aromatic carbocycles. The lowest BCUT2D eigenvalue weighted by molar-refractivity contribution is 0.315. The Balaban J connectivity index is 1.67. The Morgan fingerprint density at radius 3 is 2.70 bits per heavy atom. The maximum atomic E-state index is 4.67. The smallest absolute Gasteiger partial charge is 0.108 e. The second kappa shape index (κ2) is 5.99. The highest BCUT2D eigenvalue weighted by Crippen LogP contribution is 2.22. The zero-order valence-electron chi connectivity index (χ0n) is 11.7. The molecule has 0 N–H and O–H groups in total. The molecule has 2 aromatic heterocycles. The van der Waals surface area contributed by atoms with Crippen molar-refractivity contribution in [1.82, 2.24) is 14.9 Å². The van der Waals surface area contributed by atoms with Crippen LogP contribution >= 0.6 is 22.7 Å². The van der Waals surface area contributed by atoms with Crippen LogP contribution in [0.2, 0.25) is 0 Å². The number of nitrogens with zero attached hydrogens (tertiary/aromatic N) is 3. The van der Waals surface area contributed by atoms with Crippen LogP contribution in [0, 0.1) is 0 Å². The molecule has 0 amide bonds. The van der Waals surface area contributed by atoms with E-state index in [4.69, 9.17) is 0 Å². The summed E-state index contributed by atoms with van der Waals surface area (Å²) in [4.78, 5) is 11.6. The number of aryl methyl sites for hydroxylation is 1. The van der Waals surface area contributed by atoms with Gasteiger partial charge < -0.3 is 0 Å². The largest absolute Gasteiger partial charge is 0.294 e. The van der Waals surface area contributed by atoms with E-state index in [1.807, 2.05) is 6.07 Å². The Kier molecular flexibility index (Phi) is 4.10. The molecule has 0 unspecified atom stereocenters. The van der Waals surface area contributed by atoms with Gasteiger partial charge in [-0.1, -0.05) is 19.1 Å². The molecule has 3 rings (SSSR count). The van der Waals surface area contributed by atoms with E-state index in [2.05, 4.69) is 52.4 Å². The van der Waals surface area contributed by atoms with Crippen LogP contribution < -0.4 is 0 Å². The fourth-order valence-electron chi connectivity index (χ4n) is 2.13. The normalized spacial score (nSPS) is 11.6. The van der Waals surface area contributed by atoms with Crippen LogP contribution in [0.3, 0.4) is 0 Å². The van der Waals surface area contributed by atoms with E-state index in [0.717, 1.165) is 30.7 Å². The van der Waals surface area contributed by atoms with Gasteiger partial charge in [0.25, 0.3) is 0 Å². The number of para-hydroxylation sites is 1. The molecule has 0 aliphatic heterocycles. The number of rotatable bonds is 5. The Hall–Kier alpha value is -1.30. The molecule has 0 saturated heterocycles. The number of hydrogen-bond acceptors (Lipinski definition) is 5. The summed E-state index contributed by atoms with van der Waals surface area (Å²) in [5.74, 6) is 0. The zero-order chi connectivity index (χ0) is 13.9. The third kappa shape index (κ3) is 3.06. The quantitative estimate of drug-likeness (QED) is 0.714. The van der Waals surface area contributed by atoms with Crippen LogP contribution in [0.4, 0.5) is 0 Å². The molecule has 2 heterocycles. The van der Waals surface area contributed by atoms with Crippen LogP contribution in [0.5, 0.6) is 0 Å². The minimum Gasteiger partial charge on any atom is -0.294 e. The summed E-state index contributed by atoms with van der Waals surface area (Å²) < 4.78 is 1.26. The van der Waals surface area contributed by atoms with Gasteiger partial charge in [-0.25, -0.2) is 9.97 Å². The first-order chi connectivity index (χ1) is 9.74. The summed E-state index contributed by atoms with van der Waals surface area (Å²) in [7, 11) is 2.12. The standard InChI is InChI=1S/C15H17N3S2/c1-3-14-16-11(10-19-14)8-18(2)9-15-17-12-6-4-5-7-13(12)20-15/h4-7,10H,3,8-9H2,1-2H3. The highest BCUT2D eigenvalue weighted by molar-refractivity contribution is 7.18. The molecule has 0 bridgehead atoms. The predicted octanol–water partition coefficient (Wildman–Crippen LogP) is 3.95. The number of aromatic nitrogens is 2. The zero-order valence-corrected chi connectivity index (χ0v) is 13.3. The Labute approximate surface area is 126 Å². The van der Waals surface area contributed by atoms with Crippen molar-refractivity contribution in [3.05, 3.63) is 45.4 Å². The fraction of sp³-hybridized carbons (Fsp3) is 0.333. The summed E-state index contributed by atoms with van der Waals surface area (Å²) in [5.41, 5.74) is 2.26. The number of thiazole rings is 2. The lowest BCUT2D eigenvalue weighted by Gasteiger charge is -2.12. The van der Waals surface area contributed by atoms with E-state index in [-0.39, 0.29) is 0 Å². The molecular formula is C15H17N3S2. The van der Waals surface area contributed by atoms with Crippen molar-refractivity contribution in [2.75, 3.05) is 7.05 Å². The van der Waals surface area contributed by atoms with E-state index in [0.29, 0.717) is 0 Å².